The molecule has 0 aliphatic heterocycles. The molecule has 0 spiro atoms. The number of carbonyl (C=O) groups is 1. The highest BCUT2D eigenvalue weighted by Gasteiger charge is 2.24. The van der Waals surface area contributed by atoms with Crippen molar-refractivity contribution < 1.29 is 4.79 Å². The average molecular weight is 495 g/mol. The fourth-order valence-electron chi connectivity index (χ4n) is 4.46. The summed E-state index contributed by atoms with van der Waals surface area (Å²) < 4.78 is 4.83. The lowest BCUT2D eigenvalue weighted by Gasteiger charge is -2.23. The normalized spacial score (nSPS) is 12.0. The molecular weight excluding hydrogens is 468 g/mol. The Balaban J connectivity index is 1.57. The lowest BCUT2D eigenvalue weighted by Crippen LogP contribution is -2.34. The van der Waals surface area contributed by atoms with E-state index in [-0.39, 0.29) is 23.0 Å². The second-order valence-corrected chi connectivity index (χ2v) is 9.10. The van der Waals surface area contributed by atoms with Gasteiger partial charge in [0.25, 0.3) is 11.5 Å². The van der Waals surface area contributed by atoms with Gasteiger partial charge in [0.05, 0.1) is 23.2 Å². The highest BCUT2D eigenvalue weighted by molar-refractivity contribution is 6.04. The maximum absolute atomic E-state index is 13.8. The predicted molar refractivity (Wildman–Crippen MR) is 141 cm³/mol. The van der Waals surface area contributed by atoms with Crippen molar-refractivity contribution in [1.82, 2.24) is 34.3 Å². The zero-order valence-electron chi connectivity index (χ0n) is 20.9. The van der Waals surface area contributed by atoms with Crippen molar-refractivity contribution in [3.8, 4) is 11.8 Å². The van der Waals surface area contributed by atoms with Crippen LogP contribution in [0.25, 0.3) is 16.4 Å². The first-order valence-corrected chi connectivity index (χ1v) is 11.8. The van der Waals surface area contributed by atoms with E-state index in [1.807, 2.05) is 58.3 Å². The highest BCUT2D eigenvalue weighted by atomic mass is 16.2. The first kappa shape index (κ1) is 23.8. The van der Waals surface area contributed by atoms with E-state index >= 15 is 0 Å². The molecule has 186 valence electrons. The number of pyridine rings is 1. The number of rotatable bonds is 4. The number of hydrogen-bond donors (Lipinski definition) is 2. The number of nitrogen functional groups attached to an aromatic ring is 1. The number of nitrogens with one attached hydrogen (secondary N) is 1. The molecule has 0 aliphatic rings. The van der Waals surface area contributed by atoms with Crippen LogP contribution in [-0.2, 0) is 7.05 Å². The molecule has 4 heterocycles. The van der Waals surface area contributed by atoms with Crippen LogP contribution in [0.2, 0.25) is 0 Å². The number of aryl methyl sites for hydroxylation is 1. The SMILES string of the molecule is CC(C)n1c([C@@H](C)NC(=O)c2c(N)nn3cccnc23)cc2cccc(C#Cc3cnn(C)c3)c2c1=O. The van der Waals surface area contributed by atoms with E-state index in [2.05, 4.69) is 32.3 Å². The van der Waals surface area contributed by atoms with Crippen LogP contribution in [-0.4, -0.2) is 34.9 Å². The molecule has 1 atom stereocenters. The first-order valence-electron chi connectivity index (χ1n) is 11.8. The van der Waals surface area contributed by atoms with Crippen LogP contribution in [0.1, 0.15) is 60.0 Å². The van der Waals surface area contributed by atoms with Crippen molar-refractivity contribution >= 4 is 28.1 Å². The number of carbonyl (C=O) groups excluding carboxylic acids is 1. The average Bonchev–Trinajstić information content (AvgIpc) is 3.43. The molecule has 0 saturated heterocycles. The summed E-state index contributed by atoms with van der Waals surface area (Å²) >= 11 is 0. The molecule has 0 aliphatic carbocycles. The molecule has 0 saturated carbocycles. The summed E-state index contributed by atoms with van der Waals surface area (Å²) in [7, 11) is 1.83. The lowest BCUT2D eigenvalue weighted by atomic mass is 10.0. The number of aromatic nitrogens is 6. The van der Waals surface area contributed by atoms with Crippen LogP contribution in [0.3, 0.4) is 0 Å². The Kier molecular flexibility index (Phi) is 5.97. The van der Waals surface area contributed by atoms with Crippen LogP contribution in [0.4, 0.5) is 5.82 Å². The Morgan fingerprint density at radius 2 is 1.97 bits per heavy atom. The summed E-state index contributed by atoms with van der Waals surface area (Å²) in [4.78, 5) is 31.3. The number of amides is 1. The molecule has 37 heavy (non-hydrogen) atoms. The number of nitrogens with zero attached hydrogens (tertiary/aromatic N) is 6. The number of benzene rings is 1. The summed E-state index contributed by atoms with van der Waals surface area (Å²) in [6, 6.07) is 8.55. The van der Waals surface area contributed by atoms with Crippen LogP contribution in [0, 0.1) is 11.8 Å². The van der Waals surface area contributed by atoms with Crippen LogP contribution >= 0.6 is 0 Å². The molecule has 10 heteroatoms. The molecule has 0 radical (unpaired) electrons. The molecule has 4 aromatic heterocycles. The van der Waals surface area contributed by atoms with E-state index in [9.17, 15) is 9.59 Å². The summed E-state index contributed by atoms with van der Waals surface area (Å²) in [6.07, 6.45) is 6.75. The van der Waals surface area contributed by atoms with Gasteiger partial charge in [0.1, 0.15) is 5.56 Å². The van der Waals surface area contributed by atoms with Crippen LogP contribution in [0.15, 0.2) is 59.9 Å². The highest BCUT2D eigenvalue weighted by Crippen LogP contribution is 2.24. The molecule has 5 rings (SSSR count). The van der Waals surface area contributed by atoms with Gasteiger partial charge in [-0.05, 0) is 44.4 Å². The van der Waals surface area contributed by atoms with Gasteiger partial charge < -0.3 is 15.6 Å². The Bertz CT molecular complexity index is 1780. The fraction of sp³-hybridized carbons (Fsp3) is 0.222. The smallest absolute Gasteiger partial charge is 0.260 e. The minimum absolute atomic E-state index is 0.0833. The molecule has 3 N–H and O–H groups in total. The quantitative estimate of drug-likeness (QED) is 0.370. The van der Waals surface area contributed by atoms with Crippen LogP contribution in [0.5, 0.6) is 0 Å². The molecule has 1 amide bonds. The van der Waals surface area contributed by atoms with E-state index in [4.69, 9.17) is 5.73 Å². The van der Waals surface area contributed by atoms with E-state index in [0.717, 1.165) is 10.9 Å². The van der Waals surface area contributed by atoms with E-state index in [0.29, 0.717) is 22.3 Å². The monoisotopic (exact) mass is 494 g/mol. The third-order valence-corrected chi connectivity index (χ3v) is 6.11. The molecular formula is C27H26N8O2. The van der Waals surface area contributed by atoms with E-state index in [1.54, 1.807) is 33.9 Å². The number of fused-ring (bicyclic) bond motifs is 2. The Hall–Kier alpha value is -4.91. The Morgan fingerprint density at radius 3 is 2.70 bits per heavy atom. The van der Waals surface area contributed by atoms with Crippen molar-refractivity contribution in [2.75, 3.05) is 5.73 Å². The van der Waals surface area contributed by atoms with Gasteiger partial charge in [0.2, 0.25) is 0 Å². The maximum atomic E-state index is 13.8. The summed E-state index contributed by atoms with van der Waals surface area (Å²) in [5, 5.41) is 12.6. The van der Waals surface area contributed by atoms with Crippen molar-refractivity contribution in [2.45, 2.75) is 32.9 Å². The first-order chi connectivity index (χ1) is 17.7. The molecule has 1 aromatic carbocycles. The van der Waals surface area contributed by atoms with Gasteiger partial charge in [0.15, 0.2) is 11.5 Å². The van der Waals surface area contributed by atoms with Crippen molar-refractivity contribution in [2.24, 2.45) is 7.05 Å². The standard InChI is InChI=1S/C27H26N8O2/c1-16(2)35-21(17(3)31-26(36)23-24(28)32-34-12-6-11-29-25(23)34)13-20-8-5-7-19(22(20)27(35)37)10-9-18-14-30-33(4)15-18/h5-8,11-17H,1-4H3,(H2,28,32)(H,31,36)/t17-/m1/s1. The zero-order valence-corrected chi connectivity index (χ0v) is 20.9. The van der Waals surface area contributed by atoms with Crippen LogP contribution < -0.4 is 16.6 Å². The maximum Gasteiger partial charge on any atom is 0.260 e. The summed E-state index contributed by atoms with van der Waals surface area (Å²) in [5.74, 6) is 5.88. The largest absolute Gasteiger partial charge is 0.381 e. The number of anilines is 1. The predicted octanol–water partition coefficient (Wildman–Crippen LogP) is 2.83. The Morgan fingerprint density at radius 1 is 1.16 bits per heavy atom. The third kappa shape index (κ3) is 4.31. The van der Waals surface area contributed by atoms with Gasteiger partial charge in [-0.25, -0.2) is 9.50 Å². The topological polar surface area (TPSA) is 125 Å². The van der Waals surface area contributed by atoms with Gasteiger partial charge in [-0.2, -0.15) is 5.10 Å². The summed E-state index contributed by atoms with van der Waals surface area (Å²) in [6.45, 7) is 5.70. The second kappa shape index (κ2) is 9.28. The fourth-order valence-corrected chi connectivity index (χ4v) is 4.46. The lowest BCUT2D eigenvalue weighted by molar-refractivity contribution is 0.0940. The van der Waals surface area contributed by atoms with Crippen molar-refractivity contribution in [1.29, 1.82) is 0 Å². The molecule has 0 fully saturated rings. The summed E-state index contributed by atoms with van der Waals surface area (Å²) in [5.41, 5.74) is 8.48. The van der Waals surface area contributed by atoms with Gasteiger partial charge in [-0.1, -0.05) is 24.0 Å². The van der Waals surface area contributed by atoms with Gasteiger partial charge in [-0.15, -0.1) is 5.10 Å². The van der Waals surface area contributed by atoms with E-state index < -0.39 is 11.9 Å². The number of hydrogen-bond acceptors (Lipinski definition) is 6. The van der Waals surface area contributed by atoms with Crippen molar-refractivity contribution in [3.63, 3.8) is 0 Å². The molecule has 0 unspecified atom stereocenters. The number of nitrogens with two attached hydrogens (primary N) is 1. The molecule has 0 bridgehead atoms. The molecule has 10 nitrogen and oxygen atoms in total. The minimum Gasteiger partial charge on any atom is -0.381 e. The minimum atomic E-state index is -0.504. The van der Waals surface area contributed by atoms with Crippen molar-refractivity contribution in [3.05, 3.63) is 87.9 Å². The van der Waals surface area contributed by atoms with Gasteiger partial charge in [-0.3, -0.25) is 14.3 Å². The Labute approximate surface area is 212 Å². The van der Waals surface area contributed by atoms with Gasteiger partial charge >= 0.3 is 0 Å². The molecule has 5 aromatic rings. The third-order valence-electron chi connectivity index (χ3n) is 6.11. The van der Waals surface area contributed by atoms with Gasteiger partial charge in [0, 0.05) is 42.9 Å². The van der Waals surface area contributed by atoms with E-state index in [1.165, 1.54) is 4.52 Å². The second-order valence-electron chi connectivity index (χ2n) is 9.10. The zero-order chi connectivity index (χ0) is 26.3.